The van der Waals surface area contributed by atoms with Gasteiger partial charge in [-0.1, -0.05) is 26.2 Å². The lowest BCUT2D eigenvalue weighted by atomic mass is 10.2. The molecule has 0 bridgehead atoms. The second-order valence-corrected chi connectivity index (χ2v) is 5.53. The molecule has 1 atom stereocenters. The summed E-state index contributed by atoms with van der Waals surface area (Å²) in [4.78, 5) is 16.7. The SMILES string of the molecule is CCCCN(CCO)C(C)C(=O)N1CCCCCC1. The number of hydrogen-bond acceptors (Lipinski definition) is 3. The van der Waals surface area contributed by atoms with E-state index in [4.69, 9.17) is 5.11 Å². The van der Waals surface area contributed by atoms with Gasteiger partial charge in [0.1, 0.15) is 0 Å². The molecule has 4 heteroatoms. The minimum atomic E-state index is -0.100. The maximum atomic E-state index is 12.5. The van der Waals surface area contributed by atoms with Crippen molar-refractivity contribution in [2.24, 2.45) is 0 Å². The highest BCUT2D eigenvalue weighted by molar-refractivity contribution is 5.81. The summed E-state index contributed by atoms with van der Waals surface area (Å²) in [6.07, 6.45) is 6.95. The van der Waals surface area contributed by atoms with Crippen LogP contribution in [0, 0.1) is 0 Å². The molecular formula is C15H30N2O2. The third-order valence-corrected chi connectivity index (χ3v) is 4.01. The fourth-order valence-electron chi connectivity index (χ4n) is 2.70. The number of amides is 1. The van der Waals surface area contributed by atoms with Crippen LogP contribution in [-0.2, 0) is 4.79 Å². The monoisotopic (exact) mass is 270 g/mol. The van der Waals surface area contributed by atoms with Crippen molar-refractivity contribution in [1.82, 2.24) is 9.80 Å². The number of aliphatic hydroxyl groups excluding tert-OH is 1. The average Bonchev–Trinajstić information content (AvgIpc) is 2.70. The van der Waals surface area contributed by atoms with E-state index in [1.165, 1.54) is 12.8 Å². The number of unbranched alkanes of at least 4 members (excludes halogenated alkanes) is 1. The Bertz CT molecular complexity index is 251. The molecule has 1 aliphatic rings. The Kier molecular flexibility index (Phi) is 8.07. The number of likely N-dealkylation sites (tertiary alicyclic amines) is 1. The van der Waals surface area contributed by atoms with Gasteiger partial charge in [-0.15, -0.1) is 0 Å². The number of aliphatic hydroxyl groups is 1. The molecule has 1 heterocycles. The van der Waals surface area contributed by atoms with Crippen LogP contribution < -0.4 is 0 Å². The van der Waals surface area contributed by atoms with E-state index in [1.807, 2.05) is 11.8 Å². The fraction of sp³-hybridized carbons (Fsp3) is 0.933. The van der Waals surface area contributed by atoms with E-state index in [2.05, 4.69) is 11.8 Å². The average molecular weight is 270 g/mol. The summed E-state index contributed by atoms with van der Waals surface area (Å²) in [7, 11) is 0. The molecule has 1 unspecified atom stereocenters. The summed E-state index contributed by atoms with van der Waals surface area (Å²) in [5, 5.41) is 9.16. The first-order chi connectivity index (χ1) is 9.20. The summed E-state index contributed by atoms with van der Waals surface area (Å²) < 4.78 is 0. The van der Waals surface area contributed by atoms with Crippen LogP contribution in [-0.4, -0.2) is 59.6 Å². The smallest absolute Gasteiger partial charge is 0.239 e. The van der Waals surface area contributed by atoms with Crippen molar-refractivity contribution < 1.29 is 9.90 Å². The molecule has 1 rings (SSSR count). The van der Waals surface area contributed by atoms with Crippen molar-refractivity contribution >= 4 is 5.91 Å². The van der Waals surface area contributed by atoms with Gasteiger partial charge in [0.25, 0.3) is 0 Å². The molecule has 19 heavy (non-hydrogen) atoms. The molecule has 0 spiro atoms. The van der Waals surface area contributed by atoms with Gasteiger partial charge in [0.15, 0.2) is 0 Å². The summed E-state index contributed by atoms with van der Waals surface area (Å²) in [6.45, 7) is 7.57. The van der Waals surface area contributed by atoms with Crippen LogP contribution in [0.15, 0.2) is 0 Å². The van der Waals surface area contributed by atoms with Crippen molar-refractivity contribution in [3.8, 4) is 0 Å². The van der Waals surface area contributed by atoms with Crippen LogP contribution in [0.4, 0.5) is 0 Å². The normalized spacial score (nSPS) is 18.4. The zero-order chi connectivity index (χ0) is 14.1. The Hall–Kier alpha value is -0.610. The third-order valence-electron chi connectivity index (χ3n) is 4.01. The van der Waals surface area contributed by atoms with E-state index >= 15 is 0 Å². The van der Waals surface area contributed by atoms with Gasteiger partial charge in [-0.25, -0.2) is 0 Å². The van der Waals surface area contributed by atoms with E-state index in [-0.39, 0.29) is 18.6 Å². The van der Waals surface area contributed by atoms with Gasteiger partial charge in [-0.3, -0.25) is 9.69 Å². The first-order valence-electron chi connectivity index (χ1n) is 7.84. The molecule has 0 saturated carbocycles. The number of carbonyl (C=O) groups excluding carboxylic acids is 1. The number of carbonyl (C=O) groups is 1. The summed E-state index contributed by atoms with van der Waals surface area (Å²) in [5.41, 5.74) is 0. The number of nitrogens with zero attached hydrogens (tertiary/aromatic N) is 2. The van der Waals surface area contributed by atoms with Gasteiger partial charge >= 0.3 is 0 Å². The van der Waals surface area contributed by atoms with Crippen molar-refractivity contribution in [3.63, 3.8) is 0 Å². The van der Waals surface area contributed by atoms with Gasteiger partial charge in [-0.2, -0.15) is 0 Å². The third kappa shape index (κ3) is 5.49. The minimum Gasteiger partial charge on any atom is -0.395 e. The molecule has 1 saturated heterocycles. The van der Waals surface area contributed by atoms with Gasteiger partial charge in [0, 0.05) is 19.6 Å². The van der Waals surface area contributed by atoms with Crippen molar-refractivity contribution in [2.75, 3.05) is 32.8 Å². The quantitative estimate of drug-likeness (QED) is 0.768. The summed E-state index contributed by atoms with van der Waals surface area (Å²) in [5.74, 6) is 0.242. The Labute approximate surface area is 117 Å². The maximum Gasteiger partial charge on any atom is 0.239 e. The lowest BCUT2D eigenvalue weighted by Crippen LogP contribution is -2.48. The molecular weight excluding hydrogens is 240 g/mol. The highest BCUT2D eigenvalue weighted by atomic mass is 16.3. The van der Waals surface area contributed by atoms with Gasteiger partial charge in [0.2, 0.25) is 5.91 Å². The predicted molar refractivity (Wildman–Crippen MR) is 78.1 cm³/mol. The minimum absolute atomic E-state index is 0.100. The van der Waals surface area contributed by atoms with Crippen LogP contribution >= 0.6 is 0 Å². The Morgan fingerprint density at radius 3 is 2.37 bits per heavy atom. The van der Waals surface area contributed by atoms with Crippen LogP contribution in [0.2, 0.25) is 0 Å². The lowest BCUT2D eigenvalue weighted by molar-refractivity contribution is -0.136. The Balaban J connectivity index is 2.54. The highest BCUT2D eigenvalue weighted by Gasteiger charge is 2.25. The van der Waals surface area contributed by atoms with Crippen molar-refractivity contribution in [2.45, 2.75) is 58.4 Å². The number of hydrogen-bond donors (Lipinski definition) is 1. The van der Waals surface area contributed by atoms with Crippen LogP contribution in [0.3, 0.4) is 0 Å². The van der Waals surface area contributed by atoms with E-state index in [9.17, 15) is 4.79 Å². The Morgan fingerprint density at radius 2 is 1.84 bits per heavy atom. The summed E-state index contributed by atoms with van der Waals surface area (Å²) in [6, 6.07) is -0.100. The van der Waals surface area contributed by atoms with Crippen molar-refractivity contribution in [3.05, 3.63) is 0 Å². The van der Waals surface area contributed by atoms with E-state index in [0.717, 1.165) is 45.3 Å². The number of rotatable bonds is 7. The first-order valence-corrected chi connectivity index (χ1v) is 7.84. The van der Waals surface area contributed by atoms with Gasteiger partial charge in [-0.05, 0) is 32.7 Å². The topological polar surface area (TPSA) is 43.8 Å². The van der Waals surface area contributed by atoms with Crippen LogP contribution in [0.25, 0.3) is 0 Å². The first kappa shape index (κ1) is 16.4. The van der Waals surface area contributed by atoms with Gasteiger partial charge < -0.3 is 10.0 Å². The predicted octanol–water partition coefficient (Wildman–Crippen LogP) is 1.87. The van der Waals surface area contributed by atoms with E-state index < -0.39 is 0 Å². The van der Waals surface area contributed by atoms with E-state index in [1.54, 1.807) is 0 Å². The fourth-order valence-corrected chi connectivity index (χ4v) is 2.70. The lowest BCUT2D eigenvalue weighted by Gasteiger charge is -2.32. The molecule has 4 nitrogen and oxygen atoms in total. The molecule has 1 aliphatic heterocycles. The Morgan fingerprint density at radius 1 is 1.21 bits per heavy atom. The standard InChI is InChI=1S/C15H30N2O2/c1-3-4-9-16(12-13-18)14(2)15(19)17-10-7-5-6-8-11-17/h14,18H,3-13H2,1-2H3. The van der Waals surface area contributed by atoms with E-state index in [0.29, 0.717) is 6.54 Å². The molecule has 0 aliphatic carbocycles. The molecule has 1 amide bonds. The molecule has 0 aromatic carbocycles. The van der Waals surface area contributed by atoms with Crippen LogP contribution in [0.5, 0.6) is 0 Å². The molecule has 0 aromatic rings. The molecule has 112 valence electrons. The second-order valence-electron chi connectivity index (χ2n) is 5.53. The summed E-state index contributed by atoms with van der Waals surface area (Å²) >= 11 is 0. The molecule has 1 fully saturated rings. The maximum absolute atomic E-state index is 12.5. The highest BCUT2D eigenvalue weighted by Crippen LogP contribution is 2.13. The molecule has 0 radical (unpaired) electrons. The van der Waals surface area contributed by atoms with Crippen LogP contribution in [0.1, 0.15) is 52.4 Å². The van der Waals surface area contributed by atoms with Crippen molar-refractivity contribution in [1.29, 1.82) is 0 Å². The molecule has 1 N–H and O–H groups in total. The van der Waals surface area contributed by atoms with Gasteiger partial charge in [0.05, 0.1) is 12.6 Å². The zero-order valence-electron chi connectivity index (χ0n) is 12.6. The second kappa shape index (κ2) is 9.32. The molecule has 0 aromatic heterocycles. The zero-order valence-corrected chi connectivity index (χ0v) is 12.6. The largest absolute Gasteiger partial charge is 0.395 e.